The van der Waals surface area contributed by atoms with Gasteiger partial charge in [0.15, 0.2) is 0 Å². The van der Waals surface area contributed by atoms with Gasteiger partial charge in [0.1, 0.15) is 0 Å². The lowest BCUT2D eigenvalue weighted by Gasteiger charge is -2.10. The van der Waals surface area contributed by atoms with E-state index >= 15 is 0 Å². The second-order valence-corrected chi connectivity index (χ2v) is 8.41. The highest BCUT2D eigenvalue weighted by Crippen LogP contribution is 2.39. The molecule has 0 saturated carbocycles. The molecule has 0 unspecified atom stereocenters. The topological polar surface area (TPSA) is 4.93 Å². The monoisotopic (exact) mass is 429 g/mol. The second-order valence-electron chi connectivity index (χ2n) is 7.98. The molecular weight excluding hydrogens is 410 g/mol. The van der Waals surface area contributed by atoms with Crippen LogP contribution in [-0.2, 0) is 0 Å². The number of benzene rings is 5. The van der Waals surface area contributed by atoms with Gasteiger partial charge in [-0.25, -0.2) is 0 Å². The summed E-state index contributed by atoms with van der Waals surface area (Å²) in [6.45, 7) is 0. The molecule has 0 amide bonds. The fraction of sp³-hybridized carbons (Fsp3) is 0. The minimum absolute atomic E-state index is 0.749. The Labute approximate surface area is 192 Å². The Bertz CT molecular complexity index is 1550. The summed E-state index contributed by atoms with van der Waals surface area (Å²) in [6, 6.07) is 42.5. The summed E-state index contributed by atoms with van der Waals surface area (Å²) in [5.41, 5.74) is 8.32. The van der Waals surface area contributed by atoms with Crippen molar-refractivity contribution in [2.24, 2.45) is 0 Å². The Morgan fingerprint density at radius 2 is 1.16 bits per heavy atom. The molecule has 0 saturated heterocycles. The van der Waals surface area contributed by atoms with Crippen molar-refractivity contribution in [1.29, 1.82) is 0 Å². The molecule has 6 aromatic rings. The highest BCUT2D eigenvalue weighted by Gasteiger charge is 2.16. The first-order valence-electron chi connectivity index (χ1n) is 10.7. The summed E-state index contributed by atoms with van der Waals surface area (Å²) in [6.07, 6.45) is 0. The normalized spacial score (nSPS) is 11.3. The average Bonchev–Trinajstić information content (AvgIpc) is 3.19. The fourth-order valence-electron chi connectivity index (χ4n) is 4.61. The van der Waals surface area contributed by atoms with Gasteiger partial charge in [-0.3, -0.25) is 0 Å². The van der Waals surface area contributed by atoms with E-state index in [0.717, 1.165) is 16.2 Å². The zero-order chi connectivity index (χ0) is 21.5. The van der Waals surface area contributed by atoms with Crippen LogP contribution in [0.5, 0.6) is 0 Å². The first-order valence-corrected chi connectivity index (χ1v) is 11.1. The molecule has 0 bridgehead atoms. The lowest BCUT2D eigenvalue weighted by molar-refractivity contribution is 1.18. The predicted octanol–water partition coefficient (Wildman–Crippen LogP) is 8.77. The summed E-state index contributed by atoms with van der Waals surface area (Å²) in [5, 5.41) is 3.14. The van der Waals surface area contributed by atoms with Crippen molar-refractivity contribution in [3.63, 3.8) is 0 Å². The van der Waals surface area contributed by atoms with Crippen molar-refractivity contribution >= 4 is 33.4 Å². The molecule has 0 aliphatic rings. The van der Waals surface area contributed by atoms with E-state index in [1.807, 2.05) is 12.1 Å². The van der Waals surface area contributed by atoms with E-state index < -0.39 is 0 Å². The number of aromatic nitrogens is 1. The molecule has 6 rings (SSSR count). The van der Waals surface area contributed by atoms with E-state index in [4.69, 9.17) is 11.6 Å². The van der Waals surface area contributed by atoms with Gasteiger partial charge in [0.05, 0.1) is 11.0 Å². The number of hydrogen-bond donors (Lipinski definition) is 0. The minimum atomic E-state index is 0.749. The van der Waals surface area contributed by atoms with Crippen LogP contribution in [0.4, 0.5) is 0 Å². The highest BCUT2D eigenvalue weighted by atomic mass is 35.5. The fourth-order valence-corrected chi connectivity index (χ4v) is 4.78. The molecule has 0 aliphatic heterocycles. The van der Waals surface area contributed by atoms with E-state index in [-0.39, 0.29) is 0 Å². The Morgan fingerprint density at radius 3 is 1.88 bits per heavy atom. The lowest BCUT2D eigenvalue weighted by Crippen LogP contribution is -1.93. The van der Waals surface area contributed by atoms with Crippen LogP contribution in [0, 0.1) is 0 Å². The predicted molar refractivity (Wildman–Crippen MR) is 137 cm³/mol. The molecule has 0 atom stereocenters. The minimum Gasteiger partial charge on any atom is -0.309 e. The van der Waals surface area contributed by atoms with Crippen molar-refractivity contribution in [3.05, 3.63) is 126 Å². The van der Waals surface area contributed by atoms with E-state index in [0.29, 0.717) is 0 Å². The van der Waals surface area contributed by atoms with Crippen LogP contribution in [0.3, 0.4) is 0 Å². The van der Waals surface area contributed by atoms with Crippen LogP contribution in [0.15, 0.2) is 121 Å². The second kappa shape index (κ2) is 7.71. The van der Waals surface area contributed by atoms with Gasteiger partial charge in [-0.1, -0.05) is 96.5 Å². The van der Waals surface area contributed by atoms with E-state index in [9.17, 15) is 0 Å². The Balaban J connectivity index is 1.62. The quantitative estimate of drug-likeness (QED) is 0.265. The molecule has 152 valence electrons. The number of hydrogen-bond acceptors (Lipinski definition) is 0. The standard InChI is InChI=1S/C30H20ClN/c31-24-16-19-28-27(20-24)30-26(23-10-5-2-6-11-23)12-7-13-29(30)32(28)25-17-14-22(15-18-25)21-8-3-1-4-9-21/h1-20H. The smallest absolute Gasteiger partial charge is 0.0547 e. The van der Waals surface area contributed by atoms with Crippen LogP contribution in [0.2, 0.25) is 5.02 Å². The number of nitrogens with zero attached hydrogens (tertiary/aromatic N) is 1. The van der Waals surface area contributed by atoms with Crippen molar-refractivity contribution in [2.45, 2.75) is 0 Å². The first-order chi connectivity index (χ1) is 15.8. The van der Waals surface area contributed by atoms with Gasteiger partial charge >= 0.3 is 0 Å². The van der Waals surface area contributed by atoms with E-state index in [2.05, 4.69) is 114 Å². The van der Waals surface area contributed by atoms with Crippen molar-refractivity contribution in [2.75, 3.05) is 0 Å². The van der Waals surface area contributed by atoms with Gasteiger partial charge in [0.25, 0.3) is 0 Å². The van der Waals surface area contributed by atoms with Crippen LogP contribution in [-0.4, -0.2) is 4.57 Å². The molecule has 5 aromatic carbocycles. The van der Waals surface area contributed by atoms with Crippen LogP contribution in [0.25, 0.3) is 49.7 Å². The molecule has 1 heterocycles. The Morgan fingerprint density at radius 1 is 0.500 bits per heavy atom. The highest BCUT2D eigenvalue weighted by molar-refractivity contribution is 6.32. The Hall–Kier alpha value is -3.81. The average molecular weight is 430 g/mol. The van der Waals surface area contributed by atoms with Crippen molar-refractivity contribution in [3.8, 4) is 27.9 Å². The van der Waals surface area contributed by atoms with Gasteiger partial charge in [0.2, 0.25) is 0 Å². The van der Waals surface area contributed by atoms with E-state index in [1.54, 1.807) is 0 Å². The molecule has 0 spiro atoms. The molecule has 32 heavy (non-hydrogen) atoms. The molecular formula is C30H20ClN. The van der Waals surface area contributed by atoms with Gasteiger partial charge in [-0.05, 0) is 58.7 Å². The molecule has 0 N–H and O–H groups in total. The van der Waals surface area contributed by atoms with Crippen molar-refractivity contribution in [1.82, 2.24) is 4.57 Å². The van der Waals surface area contributed by atoms with Crippen LogP contribution >= 0.6 is 11.6 Å². The SMILES string of the molecule is Clc1ccc2c(c1)c1c(-c3ccccc3)cccc1n2-c1ccc(-c2ccccc2)cc1. The summed E-state index contributed by atoms with van der Waals surface area (Å²) in [5.74, 6) is 0. The van der Waals surface area contributed by atoms with Crippen LogP contribution in [0.1, 0.15) is 0 Å². The molecule has 1 aromatic heterocycles. The summed E-state index contributed by atoms with van der Waals surface area (Å²) >= 11 is 6.45. The molecule has 0 fully saturated rings. The lowest BCUT2D eigenvalue weighted by atomic mass is 9.99. The largest absolute Gasteiger partial charge is 0.309 e. The van der Waals surface area contributed by atoms with Crippen molar-refractivity contribution < 1.29 is 0 Å². The van der Waals surface area contributed by atoms with Gasteiger partial charge < -0.3 is 4.57 Å². The summed E-state index contributed by atoms with van der Waals surface area (Å²) in [4.78, 5) is 0. The third-order valence-corrected chi connectivity index (χ3v) is 6.30. The first kappa shape index (κ1) is 18.9. The summed E-state index contributed by atoms with van der Waals surface area (Å²) < 4.78 is 2.34. The van der Waals surface area contributed by atoms with Gasteiger partial charge in [0, 0.05) is 21.5 Å². The van der Waals surface area contributed by atoms with Gasteiger partial charge in [-0.15, -0.1) is 0 Å². The molecule has 1 nitrogen and oxygen atoms in total. The number of rotatable bonds is 3. The maximum absolute atomic E-state index is 6.45. The maximum Gasteiger partial charge on any atom is 0.0547 e. The third-order valence-electron chi connectivity index (χ3n) is 6.07. The number of halogens is 1. The zero-order valence-electron chi connectivity index (χ0n) is 17.4. The summed E-state index contributed by atoms with van der Waals surface area (Å²) in [7, 11) is 0. The maximum atomic E-state index is 6.45. The molecule has 0 aliphatic carbocycles. The zero-order valence-corrected chi connectivity index (χ0v) is 18.1. The number of fused-ring (bicyclic) bond motifs is 3. The molecule has 0 radical (unpaired) electrons. The van der Waals surface area contributed by atoms with E-state index in [1.165, 1.54) is 38.5 Å². The van der Waals surface area contributed by atoms with Gasteiger partial charge in [-0.2, -0.15) is 0 Å². The molecule has 2 heteroatoms. The van der Waals surface area contributed by atoms with Crippen LogP contribution < -0.4 is 0 Å². The third kappa shape index (κ3) is 3.10. The Kier molecular flexibility index (Phi) is 4.56.